The Balaban J connectivity index is 1.62. The molecular weight excluding hydrogens is 282 g/mol. The maximum absolute atomic E-state index is 12.2. The van der Waals surface area contributed by atoms with Crippen molar-refractivity contribution in [1.29, 1.82) is 0 Å². The van der Waals surface area contributed by atoms with Gasteiger partial charge in [-0.1, -0.05) is 12.1 Å². The summed E-state index contributed by atoms with van der Waals surface area (Å²) < 4.78 is 5.07. The first-order valence-corrected chi connectivity index (χ1v) is 8.37. The highest BCUT2D eigenvalue weighted by Gasteiger charge is 2.37. The Bertz CT molecular complexity index is 510. The molecule has 1 saturated heterocycles. The number of carbonyl (C=O) groups excluding carboxylic acids is 1. The van der Waals surface area contributed by atoms with Gasteiger partial charge < -0.3 is 14.9 Å². The molecule has 6 heteroatoms. The first kappa shape index (κ1) is 15.5. The van der Waals surface area contributed by atoms with E-state index < -0.39 is 6.10 Å². The highest BCUT2D eigenvalue weighted by molar-refractivity contribution is 5.91. The van der Waals surface area contributed by atoms with Crippen LogP contribution < -0.4 is 5.32 Å². The lowest BCUT2D eigenvalue weighted by molar-refractivity contribution is 0.00662. The van der Waals surface area contributed by atoms with E-state index in [1.54, 1.807) is 6.07 Å². The third-order valence-electron chi connectivity index (χ3n) is 4.89. The van der Waals surface area contributed by atoms with E-state index in [9.17, 15) is 9.90 Å². The SMILES string of the molecule is CCc1cc(C(=O)N[C@@H]2CCC[C@@H](N3CCCC3)[C@@H]2O)on1. The van der Waals surface area contributed by atoms with Crippen LogP contribution in [0.25, 0.3) is 0 Å². The van der Waals surface area contributed by atoms with Crippen molar-refractivity contribution in [2.24, 2.45) is 0 Å². The third kappa shape index (κ3) is 3.17. The average Bonchev–Trinajstić information content (AvgIpc) is 3.20. The van der Waals surface area contributed by atoms with Crippen molar-refractivity contribution in [3.8, 4) is 0 Å². The number of aliphatic hydroxyl groups is 1. The number of aliphatic hydroxyl groups excluding tert-OH is 1. The van der Waals surface area contributed by atoms with Crippen molar-refractivity contribution in [2.45, 2.75) is 63.6 Å². The lowest BCUT2D eigenvalue weighted by Crippen LogP contribution is -2.56. The van der Waals surface area contributed by atoms with Crippen LogP contribution >= 0.6 is 0 Å². The molecule has 0 bridgehead atoms. The van der Waals surface area contributed by atoms with Gasteiger partial charge in [-0.25, -0.2) is 0 Å². The van der Waals surface area contributed by atoms with E-state index in [2.05, 4.69) is 15.4 Å². The fraction of sp³-hybridized carbons (Fsp3) is 0.750. The van der Waals surface area contributed by atoms with E-state index in [-0.39, 0.29) is 23.8 Å². The standard InChI is InChI=1S/C16H25N3O3/c1-2-11-10-14(22-18-11)16(21)17-12-6-5-7-13(15(12)20)19-8-3-4-9-19/h10,12-13,15,20H,2-9H2,1H3,(H,17,21)/t12-,13-,15-/m1/s1. The van der Waals surface area contributed by atoms with Crippen molar-refractivity contribution in [3.05, 3.63) is 17.5 Å². The maximum Gasteiger partial charge on any atom is 0.290 e. The van der Waals surface area contributed by atoms with E-state index in [0.29, 0.717) is 0 Å². The normalized spacial score (nSPS) is 29.6. The van der Waals surface area contributed by atoms with Crippen LogP contribution in [0, 0.1) is 0 Å². The van der Waals surface area contributed by atoms with E-state index in [1.165, 1.54) is 12.8 Å². The molecule has 22 heavy (non-hydrogen) atoms. The van der Waals surface area contributed by atoms with Gasteiger partial charge in [0.15, 0.2) is 0 Å². The van der Waals surface area contributed by atoms with E-state index in [4.69, 9.17) is 4.52 Å². The van der Waals surface area contributed by atoms with Gasteiger partial charge in [0.2, 0.25) is 5.76 Å². The third-order valence-corrected chi connectivity index (χ3v) is 4.89. The monoisotopic (exact) mass is 307 g/mol. The molecule has 0 aromatic carbocycles. The summed E-state index contributed by atoms with van der Waals surface area (Å²) in [5.41, 5.74) is 0.768. The number of hydrogen-bond acceptors (Lipinski definition) is 5. The summed E-state index contributed by atoms with van der Waals surface area (Å²) in [5.74, 6) is -0.0503. The predicted octanol–water partition coefficient (Wildman–Crippen LogP) is 1.34. The Morgan fingerprint density at radius 1 is 1.41 bits per heavy atom. The van der Waals surface area contributed by atoms with Crippen molar-refractivity contribution < 1.29 is 14.4 Å². The fourth-order valence-corrected chi connectivity index (χ4v) is 3.61. The molecule has 1 aromatic rings. The molecule has 2 N–H and O–H groups in total. The van der Waals surface area contributed by atoms with E-state index in [1.807, 2.05) is 6.92 Å². The van der Waals surface area contributed by atoms with Gasteiger partial charge >= 0.3 is 0 Å². The summed E-state index contributed by atoms with van der Waals surface area (Å²) in [5, 5.41) is 17.4. The number of carbonyl (C=O) groups is 1. The molecule has 3 rings (SSSR count). The van der Waals surface area contributed by atoms with Crippen LogP contribution in [0.1, 0.15) is 55.3 Å². The summed E-state index contributed by atoms with van der Waals surface area (Å²) in [6.45, 7) is 4.08. The van der Waals surface area contributed by atoms with Crippen LogP contribution in [0.5, 0.6) is 0 Å². The Morgan fingerprint density at radius 3 is 2.86 bits per heavy atom. The second-order valence-corrected chi connectivity index (χ2v) is 6.35. The molecule has 3 atom stereocenters. The van der Waals surface area contributed by atoms with Crippen molar-refractivity contribution in [2.75, 3.05) is 13.1 Å². The summed E-state index contributed by atoms with van der Waals surface area (Å²) >= 11 is 0. The molecule has 122 valence electrons. The zero-order valence-electron chi connectivity index (χ0n) is 13.1. The zero-order chi connectivity index (χ0) is 15.5. The smallest absolute Gasteiger partial charge is 0.290 e. The number of amides is 1. The maximum atomic E-state index is 12.2. The molecular formula is C16H25N3O3. The molecule has 0 radical (unpaired) electrons. The average molecular weight is 307 g/mol. The van der Waals surface area contributed by atoms with E-state index >= 15 is 0 Å². The Hall–Kier alpha value is -1.40. The number of nitrogens with one attached hydrogen (secondary N) is 1. The number of hydrogen-bond donors (Lipinski definition) is 2. The molecule has 0 unspecified atom stereocenters. The van der Waals surface area contributed by atoms with Gasteiger partial charge in [0, 0.05) is 12.1 Å². The summed E-state index contributed by atoms with van der Waals surface area (Å²) in [6, 6.07) is 1.63. The lowest BCUT2D eigenvalue weighted by Gasteiger charge is -2.39. The summed E-state index contributed by atoms with van der Waals surface area (Å²) in [7, 11) is 0. The lowest BCUT2D eigenvalue weighted by atomic mass is 9.87. The molecule has 1 amide bonds. The van der Waals surface area contributed by atoms with Crippen LogP contribution in [-0.4, -0.2) is 52.3 Å². The van der Waals surface area contributed by atoms with Gasteiger partial charge in [-0.2, -0.15) is 0 Å². The topological polar surface area (TPSA) is 78.6 Å². The van der Waals surface area contributed by atoms with Crippen LogP contribution in [0.3, 0.4) is 0 Å². The molecule has 2 heterocycles. The molecule has 1 aliphatic heterocycles. The quantitative estimate of drug-likeness (QED) is 0.878. The second kappa shape index (κ2) is 6.79. The largest absolute Gasteiger partial charge is 0.389 e. The minimum Gasteiger partial charge on any atom is -0.389 e. The van der Waals surface area contributed by atoms with Gasteiger partial charge in [-0.05, 0) is 51.6 Å². The number of aryl methyl sites for hydroxylation is 1. The van der Waals surface area contributed by atoms with Crippen molar-refractivity contribution >= 4 is 5.91 Å². The number of aromatic nitrogens is 1. The van der Waals surface area contributed by atoms with Gasteiger partial charge in [0.1, 0.15) is 0 Å². The summed E-state index contributed by atoms with van der Waals surface area (Å²) in [6.07, 6.45) is 5.49. The highest BCUT2D eigenvalue weighted by Crippen LogP contribution is 2.26. The van der Waals surface area contributed by atoms with Gasteiger partial charge in [0.05, 0.1) is 17.8 Å². The minimum atomic E-state index is -0.510. The van der Waals surface area contributed by atoms with E-state index in [0.717, 1.165) is 44.5 Å². The number of rotatable bonds is 4. The summed E-state index contributed by atoms with van der Waals surface area (Å²) in [4.78, 5) is 14.6. The van der Waals surface area contributed by atoms with Gasteiger partial charge in [0.25, 0.3) is 5.91 Å². The molecule has 2 fully saturated rings. The predicted molar refractivity (Wildman–Crippen MR) is 81.6 cm³/mol. The number of likely N-dealkylation sites (tertiary alicyclic amines) is 1. The Kier molecular flexibility index (Phi) is 4.78. The van der Waals surface area contributed by atoms with Gasteiger partial charge in [-0.3, -0.25) is 9.69 Å². The fourth-order valence-electron chi connectivity index (χ4n) is 3.61. The molecule has 0 spiro atoms. The van der Waals surface area contributed by atoms with Crippen LogP contribution in [-0.2, 0) is 6.42 Å². The van der Waals surface area contributed by atoms with Crippen LogP contribution in [0.4, 0.5) is 0 Å². The molecule has 6 nitrogen and oxygen atoms in total. The first-order valence-electron chi connectivity index (χ1n) is 8.37. The molecule has 1 aromatic heterocycles. The Labute approximate surface area is 130 Å². The highest BCUT2D eigenvalue weighted by atomic mass is 16.5. The molecule has 1 aliphatic carbocycles. The molecule has 2 aliphatic rings. The van der Waals surface area contributed by atoms with Crippen LogP contribution in [0.15, 0.2) is 10.6 Å². The van der Waals surface area contributed by atoms with Crippen molar-refractivity contribution in [3.63, 3.8) is 0 Å². The molecule has 1 saturated carbocycles. The first-order chi connectivity index (χ1) is 10.7. The van der Waals surface area contributed by atoms with Crippen LogP contribution in [0.2, 0.25) is 0 Å². The number of nitrogens with zero attached hydrogens (tertiary/aromatic N) is 2. The van der Waals surface area contributed by atoms with Gasteiger partial charge in [-0.15, -0.1) is 0 Å². The van der Waals surface area contributed by atoms with Crippen molar-refractivity contribution in [1.82, 2.24) is 15.4 Å². The minimum absolute atomic E-state index is 0.169. The Morgan fingerprint density at radius 2 is 2.18 bits per heavy atom. The zero-order valence-corrected chi connectivity index (χ0v) is 13.1. The second-order valence-electron chi connectivity index (χ2n) is 6.35.